The van der Waals surface area contributed by atoms with Crippen LogP contribution in [0, 0.1) is 13.8 Å². The lowest BCUT2D eigenvalue weighted by Crippen LogP contribution is -2.15. The molecule has 2 aromatic heterocycles. The molecule has 0 aliphatic carbocycles. The van der Waals surface area contributed by atoms with Crippen LogP contribution in [0.5, 0.6) is 5.75 Å². The predicted octanol–water partition coefficient (Wildman–Crippen LogP) is 3.64. The molecule has 1 atom stereocenters. The Hall–Kier alpha value is -2.46. The van der Waals surface area contributed by atoms with Crippen LogP contribution < -0.4 is 10.1 Å². The van der Waals surface area contributed by atoms with Crippen LogP contribution in [0.15, 0.2) is 28.9 Å². The molecule has 2 heterocycles. The van der Waals surface area contributed by atoms with E-state index in [1.807, 2.05) is 37.5 Å². The standard InChI is InChI=1S/C18H22N6O2S2/c1-5-24-16(13(4)26-14-7-6-11(2)8-12(14)3)21-23-18(24)27-9-15(25)20-17-22-19-10-28-17/h6-8,10,13H,5,9H2,1-4H3,(H,20,22,25). The lowest BCUT2D eigenvalue weighted by molar-refractivity contribution is -0.113. The molecule has 0 radical (unpaired) electrons. The van der Waals surface area contributed by atoms with Crippen LogP contribution in [0.4, 0.5) is 5.13 Å². The Balaban J connectivity index is 1.66. The fraction of sp³-hybridized carbons (Fsp3) is 0.389. The smallest absolute Gasteiger partial charge is 0.236 e. The van der Waals surface area contributed by atoms with E-state index in [1.165, 1.54) is 28.7 Å². The highest BCUT2D eigenvalue weighted by Crippen LogP contribution is 2.27. The molecule has 10 heteroatoms. The van der Waals surface area contributed by atoms with Gasteiger partial charge in [-0.2, -0.15) is 0 Å². The number of hydrogen-bond donors (Lipinski definition) is 1. The SMILES string of the molecule is CCn1c(SCC(=O)Nc2nncs2)nnc1C(C)Oc1ccc(C)cc1C. The Morgan fingerprint density at radius 1 is 1.32 bits per heavy atom. The zero-order valence-corrected chi connectivity index (χ0v) is 17.8. The Morgan fingerprint density at radius 2 is 2.14 bits per heavy atom. The van der Waals surface area contributed by atoms with Crippen LogP contribution >= 0.6 is 23.1 Å². The lowest BCUT2D eigenvalue weighted by Gasteiger charge is -2.17. The highest BCUT2D eigenvalue weighted by Gasteiger charge is 2.20. The van der Waals surface area contributed by atoms with Gasteiger partial charge in [0.15, 0.2) is 17.1 Å². The van der Waals surface area contributed by atoms with Gasteiger partial charge in [0.05, 0.1) is 5.75 Å². The summed E-state index contributed by atoms with van der Waals surface area (Å²) >= 11 is 2.61. The molecule has 0 fully saturated rings. The summed E-state index contributed by atoms with van der Waals surface area (Å²) in [6.07, 6.45) is -0.265. The molecule has 8 nitrogen and oxygen atoms in total. The molecule has 3 aromatic rings. The highest BCUT2D eigenvalue weighted by atomic mass is 32.2. The Labute approximate surface area is 171 Å². The molecular weight excluding hydrogens is 396 g/mol. The second-order valence-corrected chi connectivity index (χ2v) is 7.97. The quantitative estimate of drug-likeness (QED) is 0.558. The van der Waals surface area contributed by atoms with Gasteiger partial charge in [-0.1, -0.05) is 40.8 Å². The number of carbonyl (C=O) groups is 1. The molecule has 0 aliphatic rings. The summed E-state index contributed by atoms with van der Waals surface area (Å²) in [7, 11) is 0. The summed E-state index contributed by atoms with van der Waals surface area (Å²) in [5.41, 5.74) is 3.84. The first-order valence-electron chi connectivity index (χ1n) is 8.83. The van der Waals surface area contributed by atoms with Gasteiger partial charge in [0, 0.05) is 6.54 Å². The van der Waals surface area contributed by atoms with Gasteiger partial charge in [0.1, 0.15) is 11.3 Å². The van der Waals surface area contributed by atoms with E-state index >= 15 is 0 Å². The number of amides is 1. The molecule has 28 heavy (non-hydrogen) atoms. The molecule has 0 aliphatic heterocycles. The number of carbonyl (C=O) groups excluding carboxylic acids is 1. The maximum Gasteiger partial charge on any atom is 0.236 e. The first kappa shape index (κ1) is 20.3. The van der Waals surface area contributed by atoms with Gasteiger partial charge in [0.2, 0.25) is 11.0 Å². The number of anilines is 1. The zero-order valence-electron chi connectivity index (χ0n) is 16.2. The van der Waals surface area contributed by atoms with Crippen LogP contribution in [-0.2, 0) is 11.3 Å². The number of ether oxygens (including phenoxy) is 1. The molecule has 1 unspecified atom stereocenters. The summed E-state index contributed by atoms with van der Waals surface area (Å²) < 4.78 is 8.08. The molecule has 1 amide bonds. The lowest BCUT2D eigenvalue weighted by atomic mass is 10.1. The van der Waals surface area contributed by atoms with Crippen molar-refractivity contribution >= 4 is 34.1 Å². The molecule has 0 saturated carbocycles. The maximum atomic E-state index is 12.1. The van der Waals surface area contributed by atoms with Crippen molar-refractivity contribution in [3.63, 3.8) is 0 Å². The van der Waals surface area contributed by atoms with Crippen LogP contribution in [0.25, 0.3) is 0 Å². The summed E-state index contributed by atoms with van der Waals surface area (Å²) in [6.45, 7) is 8.73. The second-order valence-electron chi connectivity index (χ2n) is 6.19. The minimum absolute atomic E-state index is 0.159. The minimum atomic E-state index is -0.265. The molecular formula is C18H22N6O2S2. The van der Waals surface area contributed by atoms with Crippen molar-refractivity contribution in [2.45, 2.75) is 45.5 Å². The number of rotatable bonds is 8. The number of aromatic nitrogens is 5. The van der Waals surface area contributed by atoms with Crippen LogP contribution in [0.3, 0.4) is 0 Å². The monoisotopic (exact) mass is 418 g/mol. The van der Waals surface area contributed by atoms with Crippen LogP contribution in [0.2, 0.25) is 0 Å². The van der Waals surface area contributed by atoms with Crippen molar-refractivity contribution in [2.75, 3.05) is 11.1 Å². The summed E-state index contributed by atoms with van der Waals surface area (Å²) in [4.78, 5) is 12.1. The van der Waals surface area contributed by atoms with Gasteiger partial charge in [0.25, 0.3) is 0 Å². The van der Waals surface area contributed by atoms with Gasteiger partial charge >= 0.3 is 0 Å². The van der Waals surface area contributed by atoms with Gasteiger partial charge in [-0.05, 0) is 39.3 Å². The van der Waals surface area contributed by atoms with E-state index in [2.05, 4.69) is 38.7 Å². The van der Waals surface area contributed by atoms with Crippen molar-refractivity contribution in [3.8, 4) is 5.75 Å². The fourth-order valence-corrected chi connectivity index (χ4v) is 3.96. The Bertz CT molecular complexity index is 942. The average Bonchev–Trinajstić information content (AvgIpc) is 3.31. The molecule has 0 saturated heterocycles. The number of nitrogens with zero attached hydrogens (tertiary/aromatic N) is 5. The topological polar surface area (TPSA) is 94.8 Å². The van der Waals surface area contributed by atoms with E-state index < -0.39 is 0 Å². The van der Waals surface area contributed by atoms with Gasteiger partial charge < -0.3 is 9.30 Å². The van der Waals surface area contributed by atoms with Crippen molar-refractivity contribution in [1.29, 1.82) is 0 Å². The van der Waals surface area contributed by atoms with Crippen molar-refractivity contribution in [2.24, 2.45) is 0 Å². The van der Waals surface area contributed by atoms with Crippen LogP contribution in [-0.4, -0.2) is 36.6 Å². The summed E-state index contributed by atoms with van der Waals surface area (Å²) in [6, 6.07) is 6.09. The third-order valence-electron chi connectivity index (χ3n) is 4.00. The van der Waals surface area contributed by atoms with Gasteiger partial charge in [-0.15, -0.1) is 20.4 Å². The van der Waals surface area contributed by atoms with Gasteiger partial charge in [-0.3, -0.25) is 10.1 Å². The Kier molecular flexibility index (Phi) is 6.63. The van der Waals surface area contributed by atoms with E-state index in [-0.39, 0.29) is 17.8 Å². The molecule has 0 bridgehead atoms. The van der Waals surface area contributed by atoms with E-state index in [0.717, 1.165) is 17.1 Å². The predicted molar refractivity (Wildman–Crippen MR) is 110 cm³/mol. The van der Waals surface area contributed by atoms with E-state index in [0.29, 0.717) is 16.8 Å². The average molecular weight is 419 g/mol. The molecule has 1 N–H and O–H groups in total. The van der Waals surface area contributed by atoms with Crippen LogP contribution in [0.1, 0.15) is 36.9 Å². The largest absolute Gasteiger partial charge is 0.482 e. The number of benzene rings is 1. The molecule has 0 spiro atoms. The second kappa shape index (κ2) is 9.16. The number of hydrogen-bond acceptors (Lipinski definition) is 8. The fourth-order valence-electron chi connectivity index (χ4n) is 2.69. The summed E-state index contributed by atoms with van der Waals surface area (Å²) in [5.74, 6) is 1.61. The number of aryl methyl sites for hydroxylation is 2. The van der Waals surface area contributed by atoms with Crippen molar-refractivity contribution < 1.29 is 9.53 Å². The first-order chi connectivity index (χ1) is 13.5. The third-order valence-corrected chi connectivity index (χ3v) is 5.57. The number of thioether (sulfide) groups is 1. The normalized spacial score (nSPS) is 12.0. The summed E-state index contributed by atoms with van der Waals surface area (Å²) in [5, 5.41) is 19.9. The van der Waals surface area contributed by atoms with Gasteiger partial charge in [-0.25, -0.2) is 0 Å². The van der Waals surface area contributed by atoms with Crippen molar-refractivity contribution in [3.05, 3.63) is 40.7 Å². The minimum Gasteiger partial charge on any atom is -0.482 e. The zero-order chi connectivity index (χ0) is 20.1. The molecule has 1 aromatic carbocycles. The highest BCUT2D eigenvalue weighted by molar-refractivity contribution is 7.99. The number of nitrogens with one attached hydrogen (secondary N) is 1. The maximum absolute atomic E-state index is 12.1. The van der Waals surface area contributed by atoms with E-state index in [9.17, 15) is 4.79 Å². The van der Waals surface area contributed by atoms with E-state index in [4.69, 9.17) is 4.74 Å². The Morgan fingerprint density at radius 3 is 2.82 bits per heavy atom. The van der Waals surface area contributed by atoms with Crippen molar-refractivity contribution in [1.82, 2.24) is 25.0 Å². The van der Waals surface area contributed by atoms with E-state index in [1.54, 1.807) is 5.51 Å². The molecule has 148 valence electrons. The third kappa shape index (κ3) is 4.87. The first-order valence-corrected chi connectivity index (χ1v) is 10.7. The molecule has 3 rings (SSSR count).